The van der Waals surface area contributed by atoms with Gasteiger partial charge in [0.25, 0.3) is 0 Å². The van der Waals surface area contributed by atoms with E-state index < -0.39 is 0 Å². The van der Waals surface area contributed by atoms with Crippen LogP contribution < -0.4 is 11.1 Å². The van der Waals surface area contributed by atoms with Crippen molar-refractivity contribution in [2.24, 2.45) is 5.92 Å². The van der Waals surface area contributed by atoms with E-state index in [2.05, 4.69) is 10.3 Å². The van der Waals surface area contributed by atoms with Gasteiger partial charge in [-0.05, 0) is 25.0 Å². The first kappa shape index (κ1) is 14.1. The Hall–Kier alpha value is -1.88. The van der Waals surface area contributed by atoms with Gasteiger partial charge in [0.2, 0.25) is 5.91 Å². The maximum Gasteiger partial charge on any atom is 0.229 e. The number of anilines is 2. The zero-order chi connectivity index (χ0) is 14.7. The molecule has 1 fully saturated rings. The van der Waals surface area contributed by atoms with Crippen molar-refractivity contribution >= 4 is 28.1 Å². The van der Waals surface area contributed by atoms with Gasteiger partial charge in [-0.2, -0.15) is 0 Å². The largest absolute Gasteiger partial charge is 0.399 e. The minimum absolute atomic E-state index is 0.118. The molecule has 1 aliphatic rings. The van der Waals surface area contributed by atoms with Crippen LogP contribution in [0, 0.1) is 5.92 Å². The molecule has 1 heterocycles. The molecule has 1 aromatic heterocycles. The normalized spacial score (nSPS) is 15.8. The van der Waals surface area contributed by atoms with Gasteiger partial charge in [0.15, 0.2) is 5.13 Å². The number of nitrogens with one attached hydrogen (secondary N) is 1. The topological polar surface area (TPSA) is 68.0 Å². The third kappa shape index (κ3) is 3.42. The molecule has 21 heavy (non-hydrogen) atoms. The maximum atomic E-state index is 12.2. The van der Waals surface area contributed by atoms with E-state index in [0.717, 1.165) is 42.6 Å². The lowest BCUT2D eigenvalue weighted by molar-refractivity contribution is -0.120. The fourth-order valence-corrected chi connectivity index (χ4v) is 3.41. The summed E-state index contributed by atoms with van der Waals surface area (Å²) in [4.78, 5) is 16.7. The lowest BCUT2D eigenvalue weighted by Gasteiger charge is -2.19. The number of aromatic nitrogens is 1. The van der Waals surface area contributed by atoms with Crippen molar-refractivity contribution in [3.05, 3.63) is 29.6 Å². The Kier molecular flexibility index (Phi) is 4.20. The predicted octanol–water partition coefficient (Wildman–Crippen LogP) is 3.91. The van der Waals surface area contributed by atoms with Gasteiger partial charge >= 0.3 is 0 Å². The lowest BCUT2D eigenvalue weighted by atomic mass is 9.89. The van der Waals surface area contributed by atoms with Crippen molar-refractivity contribution < 1.29 is 4.79 Å². The number of thiazole rings is 1. The second kappa shape index (κ2) is 6.26. The van der Waals surface area contributed by atoms with E-state index in [0.29, 0.717) is 5.13 Å². The predicted molar refractivity (Wildman–Crippen MR) is 87.2 cm³/mol. The highest BCUT2D eigenvalue weighted by Crippen LogP contribution is 2.28. The lowest BCUT2D eigenvalue weighted by Crippen LogP contribution is -2.24. The Bertz CT molecular complexity index is 615. The number of carbonyl (C=O) groups excluding carboxylic acids is 1. The second-order valence-corrected chi connectivity index (χ2v) is 6.34. The van der Waals surface area contributed by atoms with Crippen LogP contribution in [0.4, 0.5) is 10.8 Å². The van der Waals surface area contributed by atoms with Crippen molar-refractivity contribution in [1.82, 2.24) is 4.98 Å². The Balaban J connectivity index is 1.67. The summed E-state index contributed by atoms with van der Waals surface area (Å²) in [5, 5.41) is 5.60. The highest BCUT2D eigenvalue weighted by atomic mass is 32.1. The molecule has 0 radical (unpaired) electrons. The van der Waals surface area contributed by atoms with Gasteiger partial charge < -0.3 is 11.1 Å². The van der Waals surface area contributed by atoms with Crippen LogP contribution in [-0.4, -0.2) is 10.9 Å². The van der Waals surface area contributed by atoms with Crippen molar-refractivity contribution in [3.63, 3.8) is 0 Å². The average Bonchev–Trinajstić information content (AvgIpc) is 2.97. The number of nitrogens with two attached hydrogens (primary N) is 1. The minimum Gasteiger partial charge on any atom is -0.399 e. The summed E-state index contributed by atoms with van der Waals surface area (Å²) in [7, 11) is 0. The van der Waals surface area contributed by atoms with E-state index in [-0.39, 0.29) is 11.8 Å². The minimum atomic E-state index is 0.118. The van der Waals surface area contributed by atoms with E-state index in [9.17, 15) is 4.79 Å². The molecule has 0 spiro atoms. The van der Waals surface area contributed by atoms with Crippen LogP contribution in [0.5, 0.6) is 0 Å². The van der Waals surface area contributed by atoms with Crippen LogP contribution in [0.2, 0.25) is 0 Å². The molecular weight excluding hydrogens is 282 g/mol. The summed E-state index contributed by atoms with van der Waals surface area (Å²) in [6, 6.07) is 7.60. The van der Waals surface area contributed by atoms with Crippen molar-refractivity contribution in [3.8, 4) is 11.3 Å². The number of carbonyl (C=O) groups is 1. The molecule has 2 aromatic rings. The summed E-state index contributed by atoms with van der Waals surface area (Å²) in [5.41, 5.74) is 8.31. The zero-order valence-electron chi connectivity index (χ0n) is 11.8. The number of amides is 1. The first-order valence-corrected chi connectivity index (χ1v) is 8.22. The maximum absolute atomic E-state index is 12.2. The molecule has 1 saturated carbocycles. The van der Waals surface area contributed by atoms with Gasteiger partial charge in [0, 0.05) is 22.5 Å². The first-order valence-electron chi connectivity index (χ1n) is 7.35. The fraction of sp³-hybridized carbons (Fsp3) is 0.375. The molecule has 3 N–H and O–H groups in total. The number of rotatable bonds is 3. The molecule has 0 atom stereocenters. The van der Waals surface area contributed by atoms with Crippen LogP contribution in [0.3, 0.4) is 0 Å². The first-order chi connectivity index (χ1) is 10.2. The smallest absolute Gasteiger partial charge is 0.229 e. The molecule has 1 aromatic carbocycles. The zero-order valence-corrected chi connectivity index (χ0v) is 12.7. The van der Waals surface area contributed by atoms with Gasteiger partial charge in [-0.15, -0.1) is 11.3 Å². The van der Waals surface area contributed by atoms with E-state index >= 15 is 0 Å². The molecule has 0 bridgehead atoms. The molecule has 1 aliphatic carbocycles. The summed E-state index contributed by atoms with van der Waals surface area (Å²) in [6.45, 7) is 0. The molecule has 3 rings (SSSR count). The average molecular weight is 301 g/mol. The number of benzene rings is 1. The Morgan fingerprint density at radius 3 is 2.62 bits per heavy atom. The van der Waals surface area contributed by atoms with Gasteiger partial charge in [0.1, 0.15) is 0 Å². The van der Waals surface area contributed by atoms with E-state index in [1.165, 1.54) is 17.8 Å². The van der Waals surface area contributed by atoms with Crippen molar-refractivity contribution in [1.29, 1.82) is 0 Å². The van der Waals surface area contributed by atoms with E-state index in [1.807, 2.05) is 29.6 Å². The third-order valence-corrected chi connectivity index (χ3v) is 4.67. The highest BCUT2D eigenvalue weighted by Gasteiger charge is 2.21. The number of hydrogen-bond donors (Lipinski definition) is 2. The SMILES string of the molecule is Nc1ccc(-c2csc(NC(=O)C3CCCCC3)n2)cc1. The molecule has 5 heteroatoms. The number of hydrogen-bond acceptors (Lipinski definition) is 4. The summed E-state index contributed by atoms with van der Waals surface area (Å²) in [5.74, 6) is 0.274. The molecule has 110 valence electrons. The molecule has 4 nitrogen and oxygen atoms in total. The Labute approximate surface area is 128 Å². The Morgan fingerprint density at radius 1 is 1.19 bits per heavy atom. The molecule has 0 aliphatic heterocycles. The summed E-state index contributed by atoms with van der Waals surface area (Å²) < 4.78 is 0. The molecule has 0 unspecified atom stereocenters. The van der Waals surface area contributed by atoms with Gasteiger partial charge in [-0.3, -0.25) is 4.79 Å². The molecule has 1 amide bonds. The standard InChI is InChI=1S/C16H19N3OS/c17-13-8-6-11(7-9-13)14-10-21-16(18-14)19-15(20)12-4-2-1-3-5-12/h6-10,12H,1-5,17H2,(H,18,19,20). The molecule has 0 saturated heterocycles. The van der Waals surface area contributed by atoms with Crippen LogP contribution >= 0.6 is 11.3 Å². The summed E-state index contributed by atoms with van der Waals surface area (Å²) >= 11 is 1.47. The Morgan fingerprint density at radius 2 is 1.90 bits per heavy atom. The van der Waals surface area contributed by atoms with Crippen LogP contribution in [0.15, 0.2) is 29.6 Å². The van der Waals surface area contributed by atoms with Gasteiger partial charge in [-0.1, -0.05) is 31.4 Å². The number of nitrogens with zero attached hydrogens (tertiary/aromatic N) is 1. The summed E-state index contributed by atoms with van der Waals surface area (Å²) in [6.07, 6.45) is 5.58. The van der Waals surface area contributed by atoms with E-state index in [4.69, 9.17) is 5.73 Å². The quantitative estimate of drug-likeness (QED) is 0.845. The number of nitrogen functional groups attached to an aromatic ring is 1. The van der Waals surface area contributed by atoms with Crippen LogP contribution in [0.1, 0.15) is 32.1 Å². The van der Waals surface area contributed by atoms with Crippen LogP contribution in [-0.2, 0) is 4.79 Å². The highest BCUT2D eigenvalue weighted by molar-refractivity contribution is 7.14. The van der Waals surface area contributed by atoms with E-state index in [1.54, 1.807) is 0 Å². The van der Waals surface area contributed by atoms with Gasteiger partial charge in [0.05, 0.1) is 5.69 Å². The van der Waals surface area contributed by atoms with Crippen molar-refractivity contribution in [2.75, 3.05) is 11.1 Å². The van der Waals surface area contributed by atoms with Crippen LogP contribution in [0.25, 0.3) is 11.3 Å². The van der Waals surface area contributed by atoms with Gasteiger partial charge in [-0.25, -0.2) is 4.98 Å². The second-order valence-electron chi connectivity index (χ2n) is 5.48. The molecular formula is C16H19N3OS. The monoisotopic (exact) mass is 301 g/mol. The van der Waals surface area contributed by atoms with Crippen molar-refractivity contribution in [2.45, 2.75) is 32.1 Å². The third-order valence-electron chi connectivity index (χ3n) is 3.92. The fourth-order valence-electron chi connectivity index (χ4n) is 2.69.